The lowest BCUT2D eigenvalue weighted by atomic mass is 9.99. The molecule has 0 fully saturated rings. The highest BCUT2D eigenvalue weighted by molar-refractivity contribution is 5.80. The smallest absolute Gasteiger partial charge is 0.163 e. The van der Waals surface area contributed by atoms with E-state index >= 15 is 0 Å². The van der Waals surface area contributed by atoms with Crippen LogP contribution in [0.15, 0.2) is 54.6 Å². The van der Waals surface area contributed by atoms with Gasteiger partial charge in [-0.25, -0.2) is 15.0 Å². The van der Waals surface area contributed by atoms with Crippen LogP contribution in [-0.4, -0.2) is 15.0 Å². The Balaban J connectivity index is 1.98. The van der Waals surface area contributed by atoms with Crippen molar-refractivity contribution >= 4 is 0 Å². The first-order valence-corrected chi connectivity index (χ1v) is 10.7. The zero-order chi connectivity index (χ0) is 19.6. The first kappa shape index (κ1) is 20.2. The summed E-state index contributed by atoms with van der Waals surface area (Å²) in [5, 5.41) is 0. The summed E-state index contributed by atoms with van der Waals surface area (Å²) in [6.07, 6.45) is 8.97. The van der Waals surface area contributed by atoms with Crippen LogP contribution in [0.25, 0.3) is 22.5 Å². The molecule has 0 aliphatic heterocycles. The SMILES string of the molecule is CCCCCc1nc(CCCCC)nc(-c2ccccc2-c2ccccc2)n1. The van der Waals surface area contributed by atoms with E-state index in [9.17, 15) is 0 Å². The lowest BCUT2D eigenvalue weighted by molar-refractivity contribution is 0.661. The van der Waals surface area contributed by atoms with Crippen molar-refractivity contribution in [3.8, 4) is 22.5 Å². The second kappa shape index (κ2) is 10.7. The molecule has 146 valence electrons. The van der Waals surface area contributed by atoms with E-state index in [4.69, 9.17) is 15.0 Å². The Morgan fingerprint density at radius 1 is 0.571 bits per heavy atom. The van der Waals surface area contributed by atoms with Crippen molar-refractivity contribution < 1.29 is 0 Å². The average Bonchev–Trinajstić information content (AvgIpc) is 2.75. The molecule has 0 aliphatic rings. The van der Waals surface area contributed by atoms with Gasteiger partial charge in [0.15, 0.2) is 5.82 Å². The molecule has 0 N–H and O–H groups in total. The van der Waals surface area contributed by atoms with Gasteiger partial charge in [-0.15, -0.1) is 0 Å². The van der Waals surface area contributed by atoms with E-state index in [1.807, 2.05) is 6.07 Å². The maximum Gasteiger partial charge on any atom is 0.163 e. The molecular formula is C25H31N3. The fourth-order valence-corrected chi connectivity index (χ4v) is 3.43. The van der Waals surface area contributed by atoms with E-state index in [0.717, 1.165) is 48.7 Å². The number of hydrogen-bond donors (Lipinski definition) is 0. The van der Waals surface area contributed by atoms with Gasteiger partial charge in [0.05, 0.1) is 0 Å². The summed E-state index contributed by atoms with van der Waals surface area (Å²) in [5.41, 5.74) is 3.46. The molecule has 0 amide bonds. The van der Waals surface area contributed by atoms with Gasteiger partial charge in [-0.05, 0) is 24.0 Å². The fraction of sp³-hybridized carbons (Fsp3) is 0.400. The number of benzene rings is 2. The van der Waals surface area contributed by atoms with Crippen molar-refractivity contribution in [1.29, 1.82) is 0 Å². The van der Waals surface area contributed by atoms with Crippen LogP contribution in [0.1, 0.15) is 64.0 Å². The molecular weight excluding hydrogens is 342 g/mol. The van der Waals surface area contributed by atoms with Gasteiger partial charge in [-0.3, -0.25) is 0 Å². The van der Waals surface area contributed by atoms with Gasteiger partial charge in [-0.1, -0.05) is 94.1 Å². The number of rotatable bonds is 10. The molecule has 1 heterocycles. The molecule has 0 bridgehead atoms. The van der Waals surface area contributed by atoms with Crippen molar-refractivity contribution in [2.45, 2.75) is 65.2 Å². The van der Waals surface area contributed by atoms with Crippen LogP contribution < -0.4 is 0 Å². The van der Waals surface area contributed by atoms with Crippen molar-refractivity contribution in [2.75, 3.05) is 0 Å². The van der Waals surface area contributed by atoms with Crippen LogP contribution in [0.4, 0.5) is 0 Å². The van der Waals surface area contributed by atoms with E-state index in [2.05, 4.69) is 62.4 Å². The van der Waals surface area contributed by atoms with Crippen LogP contribution in [0, 0.1) is 0 Å². The van der Waals surface area contributed by atoms with Gasteiger partial charge in [0, 0.05) is 18.4 Å². The van der Waals surface area contributed by atoms with E-state index < -0.39 is 0 Å². The third-order valence-corrected chi connectivity index (χ3v) is 4.99. The minimum Gasteiger partial charge on any atom is -0.218 e. The van der Waals surface area contributed by atoms with Crippen molar-refractivity contribution in [3.63, 3.8) is 0 Å². The Bertz CT molecular complexity index is 830. The number of aryl methyl sites for hydroxylation is 2. The normalized spacial score (nSPS) is 10.9. The second-order valence-electron chi connectivity index (χ2n) is 7.32. The van der Waals surface area contributed by atoms with Crippen molar-refractivity contribution in [1.82, 2.24) is 15.0 Å². The molecule has 3 rings (SSSR count). The molecule has 0 aliphatic carbocycles. The molecule has 2 aromatic carbocycles. The molecule has 0 unspecified atom stereocenters. The number of nitrogens with zero attached hydrogens (tertiary/aromatic N) is 3. The maximum atomic E-state index is 4.87. The van der Waals surface area contributed by atoms with E-state index in [1.54, 1.807) is 0 Å². The summed E-state index contributed by atoms with van der Waals surface area (Å²) >= 11 is 0. The highest BCUT2D eigenvalue weighted by Gasteiger charge is 2.13. The largest absolute Gasteiger partial charge is 0.218 e. The average molecular weight is 374 g/mol. The second-order valence-corrected chi connectivity index (χ2v) is 7.32. The molecule has 3 heteroatoms. The zero-order valence-electron chi connectivity index (χ0n) is 17.2. The molecule has 3 aromatic rings. The molecule has 0 saturated carbocycles. The Kier molecular flexibility index (Phi) is 7.71. The fourth-order valence-electron chi connectivity index (χ4n) is 3.43. The molecule has 0 spiro atoms. The summed E-state index contributed by atoms with van der Waals surface area (Å²) < 4.78 is 0. The Morgan fingerprint density at radius 3 is 1.68 bits per heavy atom. The number of aromatic nitrogens is 3. The summed E-state index contributed by atoms with van der Waals surface area (Å²) in [4.78, 5) is 14.5. The summed E-state index contributed by atoms with van der Waals surface area (Å²) in [7, 11) is 0. The highest BCUT2D eigenvalue weighted by Crippen LogP contribution is 2.30. The predicted octanol–water partition coefficient (Wildman–Crippen LogP) is 6.67. The standard InChI is InChI=1S/C25H31N3/c1-3-5-8-18-23-26-24(19-9-6-4-2)28-25(27-23)22-17-13-12-16-21(22)20-14-10-7-11-15-20/h7,10-17H,3-6,8-9,18-19H2,1-2H3. The van der Waals surface area contributed by atoms with Crippen molar-refractivity contribution in [2.24, 2.45) is 0 Å². The quantitative estimate of drug-likeness (QED) is 0.372. The van der Waals surface area contributed by atoms with Crippen LogP contribution in [0.3, 0.4) is 0 Å². The zero-order valence-corrected chi connectivity index (χ0v) is 17.2. The molecule has 28 heavy (non-hydrogen) atoms. The van der Waals surface area contributed by atoms with Gasteiger partial charge >= 0.3 is 0 Å². The first-order chi connectivity index (χ1) is 13.8. The van der Waals surface area contributed by atoms with Gasteiger partial charge in [0.2, 0.25) is 0 Å². The molecule has 0 saturated heterocycles. The summed E-state index contributed by atoms with van der Waals surface area (Å²) in [5.74, 6) is 2.69. The van der Waals surface area contributed by atoms with Gasteiger partial charge in [0.1, 0.15) is 11.6 Å². The third-order valence-electron chi connectivity index (χ3n) is 4.99. The predicted molar refractivity (Wildman–Crippen MR) is 117 cm³/mol. The van der Waals surface area contributed by atoms with E-state index in [0.29, 0.717) is 0 Å². The van der Waals surface area contributed by atoms with Crippen molar-refractivity contribution in [3.05, 3.63) is 66.2 Å². The molecule has 3 nitrogen and oxygen atoms in total. The highest BCUT2D eigenvalue weighted by atomic mass is 15.0. The van der Waals surface area contributed by atoms with Gasteiger partial charge in [-0.2, -0.15) is 0 Å². The molecule has 1 aromatic heterocycles. The summed E-state index contributed by atoms with van der Waals surface area (Å²) in [6, 6.07) is 18.9. The first-order valence-electron chi connectivity index (χ1n) is 10.7. The van der Waals surface area contributed by atoms with Gasteiger partial charge < -0.3 is 0 Å². The number of hydrogen-bond acceptors (Lipinski definition) is 3. The van der Waals surface area contributed by atoms with E-state index in [-0.39, 0.29) is 0 Å². The van der Waals surface area contributed by atoms with E-state index in [1.165, 1.54) is 36.8 Å². The van der Waals surface area contributed by atoms with Crippen LogP contribution in [-0.2, 0) is 12.8 Å². The number of unbranched alkanes of at least 4 members (excludes halogenated alkanes) is 4. The lowest BCUT2D eigenvalue weighted by Crippen LogP contribution is -2.06. The third kappa shape index (κ3) is 5.48. The maximum absolute atomic E-state index is 4.87. The van der Waals surface area contributed by atoms with Crippen LogP contribution >= 0.6 is 0 Å². The molecule has 0 atom stereocenters. The minimum atomic E-state index is 0.812. The Labute approximate surface area is 169 Å². The Hall–Kier alpha value is -2.55. The molecule has 0 radical (unpaired) electrons. The minimum absolute atomic E-state index is 0.812. The van der Waals surface area contributed by atoms with Gasteiger partial charge in [0.25, 0.3) is 0 Å². The monoisotopic (exact) mass is 373 g/mol. The van der Waals surface area contributed by atoms with Crippen LogP contribution in [0.2, 0.25) is 0 Å². The lowest BCUT2D eigenvalue weighted by Gasteiger charge is -2.11. The topological polar surface area (TPSA) is 38.7 Å². The van der Waals surface area contributed by atoms with Crippen LogP contribution in [0.5, 0.6) is 0 Å². The summed E-state index contributed by atoms with van der Waals surface area (Å²) in [6.45, 7) is 4.45. The Morgan fingerprint density at radius 2 is 1.11 bits per heavy atom.